The molecule has 0 amide bonds. The van der Waals surface area contributed by atoms with Gasteiger partial charge < -0.3 is 19.9 Å². The van der Waals surface area contributed by atoms with Gasteiger partial charge in [-0.25, -0.2) is 4.98 Å². The number of imidazole rings is 1. The van der Waals surface area contributed by atoms with Gasteiger partial charge in [-0.15, -0.1) is 0 Å². The molecule has 0 saturated carbocycles. The number of phenolic OH excluding ortho intramolecular Hbond substituents is 2. The summed E-state index contributed by atoms with van der Waals surface area (Å²) >= 11 is 0. The van der Waals surface area contributed by atoms with E-state index in [4.69, 9.17) is 4.74 Å². The van der Waals surface area contributed by atoms with E-state index in [0.717, 1.165) is 0 Å². The second kappa shape index (κ2) is 4.73. The van der Waals surface area contributed by atoms with Crippen LogP contribution in [-0.4, -0.2) is 31.8 Å². The average Bonchev–Trinajstić information content (AvgIpc) is 2.81. The summed E-state index contributed by atoms with van der Waals surface area (Å²) in [4.78, 5) is 11.5. The van der Waals surface area contributed by atoms with E-state index in [9.17, 15) is 10.2 Å². The van der Waals surface area contributed by atoms with Crippen molar-refractivity contribution >= 4 is 11.2 Å². The van der Waals surface area contributed by atoms with Crippen molar-refractivity contribution in [2.45, 2.75) is 6.92 Å². The van der Waals surface area contributed by atoms with E-state index < -0.39 is 0 Å². The SMILES string of the molecule is CCOc1ccc2[nH]c(-c3c(O)cccc3O)nc2n1. The largest absolute Gasteiger partial charge is 0.507 e. The summed E-state index contributed by atoms with van der Waals surface area (Å²) in [6.07, 6.45) is 0. The van der Waals surface area contributed by atoms with Gasteiger partial charge in [0.1, 0.15) is 22.9 Å². The van der Waals surface area contributed by atoms with Gasteiger partial charge in [-0.3, -0.25) is 0 Å². The zero-order valence-corrected chi connectivity index (χ0v) is 10.8. The van der Waals surface area contributed by atoms with Crippen molar-refractivity contribution in [2.75, 3.05) is 6.61 Å². The molecule has 6 heteroatoms. The van der Waals surface area contributed by atoms with Crippen LogP contribution in [0.25, 0.3) is 22.6 Å². The number of ether oxygens (including phenoxy) is 1. The molecule has 2 aromatic heterocycles. The lowest BCUT2D eigenvalue weighted by molar-refractivity contribution is 0.328. The minimum atomic E-state index is -0.0471. The van der Waals surface area contributed by atoms with E-state index in [1.807, 2.05) is 6.92 Å². The highest BCUT2D eigenvalue weighted by molar-refractivity contribution is 5.80. The van der Waals surface area contributed by atoms with Crippen LogP contribution in [0.2, 0.25) is 0 Å². The lowest BCUT2D eigenvalue weighted by Gasteiger charge is -2.02. The maximum absolute atomic E-state index is 9.84. The topological polar surface area (TPSA) is 91.3 Å². The first-order chi connectivity index (χ1) is 9.69. The van der Waals surface area contributed by atoms with Gasteiger partial charge in [0.2, 0.25) is 5.88 Å². The number of pyridine rings is 1. The third-order valence-electron chi connectivity index (χ3n) is 2.87. The van der Waals surface area contributed by atoms with Gasteiger partial charge in [-0.05, 0) is 25.1 Å². The Labute approximate surface area is 114 Å². The second-order valence-corrected chi connectivity index (χ2v) is 4.21. The van der Waals surface area contributed by atoms with Gasteiger partial charge in [0, 0.05) is 6.07 Å². The molecule has 20 heavy (non-hydrogen) atoms. The zero-order chi connectivity index (χ0) is 14.1. The van der Waals surface area contributed by atoms with Crippen LogP contribution in [-0.2, 0) is 0 Å². The van der Waals surface area contributed by atoms with Gasteiger partial charge in [-0.1, -0.05) is 6.07 Å². The fourth-order valence-corrected chi connectivity index (χ4v) is 1.99. The number of benzene rings is 1. The normalized spacial score (nSPS) is 10.8. The lowest BCUT2D eigenvalue weighted by atomic mass is 10.1. The highest BCUT2D eigenvalue weighted by Gasteiger charge is 2.14. The van der Waals surface area contributed by atoms with E-state index >= 15 is 0 Å². The third kappa shape index (κ3) is 2.01. The molecule has 3 N–H and O–H groups in total. The predicted molar refractivity (Wildman–Crippen MR) is 73.8 cm³/mol. The van der Waals surface area contributed by atoms with Crippen LogP contribution in [0.15, 0.2) is 30.3 Å². The summed E-state index contributed by atoms with van der Waals surface area (Å²) in [5, 5.41) is 19.7. The monoisotopic (exact) mass is 271 g/mol. The number of phenols is 2. The van der Waals surface area contributed by atoms with Crippen molar-refractivity contribution in [1.82, 2.24) is 15.0 Å². The van der Waals surface area contributed by atoms with Crippen LogP contribution in [0, 0.1) is 0 Å². The fourth-order valence-electron chi connectivity index (χ4n) is 1.99. The predicted octanol–water partition coefficient (Wildman–Crippen LogP) is 2.43. The highest BCUT2D eigenvalue weighted by atomic mass is 16.5. The Bertz CT molecular complexity index is 747. The molecule has 3 rings (SSSR count). The summed E-state index contributed by atoms with van der Waals surface area (Å²) in [6, 6.07) is 8.06. The lowest BCUT2D eigenvalue weighted by Crippen LogP contribution is -1.93. The first kappa shape index (κ1) is 12.3. The van der Waals surface area contributed by atoms with E-state index in [2.05, 4.69) is 15.0 Å². The molecule has 0 radical (unpaired) electrons. The zero-order valence-electron chi connectivity index (χ0n) is 10.8. The number of hydrogen-bond acceptors (Lipinski definition) is 5. The van der Waals surface area contributed by atoms with Crippen LogP contribution in [0.5, 0.6) is 17.4 Å². The van der Waals surface area contributed by atoms with Gasteiger partial charge >= 0.3 is 0 Å². The molecule has 0 bridgehead atoms. The molecule has 2 heterocycles. The number of aromatic hydroxyl groups is 2. The summed E-state index contributed by atoms with van der Waals surface area (Å²) in [7, 11) is 0. The Balaban J connectivity index is 2.13. The van der Waals surface area contributed by atoms with Gasteiger partial charge in [0.05, 0.1) is 12.1 Å². The number of aromatic amines is 1. The quantitative estimate of drug-likeness (QED) is 0.680. The molecule has 0 spiro atoms. The number of H-pyrrole nitrogens is 1. The Kier molecular flexibility index (Phi) is 2.90. The fraction of sp³-hybridized carbons (Fsp3) is 0.143. The van der Waals surface area contributed by atoms with Crippen molar-refractivity contribution in [3.05, 3.63) is 30.3 Å². The van der Waals surface area contributed by atoms with Gasteiger partial charge in [-0.2, -0.15) is 4.98 Å². The summed E-state index contributed by atoms with van der Waals surface area (Å²) < 4.78 is 5.31. The smallest absolute Gasteiger partial charge is 0.215 e. The van der Waals surface area contributed by atoms with Crippen molar-refractivity contribution < 1.29 is 14.9 Å². The van der Waals surface area contributed by atoms with E-state index in [-0.39, 0.29) is 17.1 Å². The molecule has 102 valence electrons. The van der Waals surface area contributed by atoms with Crippen molar-refractivity contribution in [2.24, 2.45) is 0 Å². The molecule has 0 saturated heterocycles. The number of nitrogens with zero attached hydrogens (tertiary/aromatic N) is 2. The molecule has 0 aliphatic carbocycles. The maximum Gasteiger partial charge on any atom is 0.215 e. The molecule has 0 unspecified atom stereocenters. The minimum Gasteiger partial charge on any atom is -0.507 e. The molecule has 0 aliphatic heterocycles. The molecule has 0 aliphatic rings. The first-order valence-corrected chi connectivity index (χ1v) is 6.20. The molecule has 6 nitrogen and oxygen atoms in total. The van der Waals surface area contributed by atoms with E-state index in [1.54, 1.807) is 18.2 Å². The third-order valence-corrected chi connectivity index (χ3v) is 2.87. The second-order valence-electron chi connectivity index (χ2n) is 4.21. The summed E-state index contributed by atoms with van der Waals surface area (Å²) in [6.45, 7) is 2.40. The Hall–Kier alpha value is -2.76. The molecular formula is C14H13N3O3. The molecule has 0 atom stereocenters. The highest BCUT2D eigenvalue weighted by Crippen LogP contribution is 2.35. The van der Waals surface area contributed by atoms with Crippen LogP contribution in [0.4, 0.5) is 0 Å². The molecule has 0 fully saturated rings. The maximum atomic E-state index is 9.84. The molecule has 3 aromatic rings. The van der Waals surface area contributed by atoms with Crippen LogP contribution in [0.1, 0.15) is 6.92 Å². The van der Waals surface area contributed by atoms with Crippen molar-refractivity contribution in [3.63, 3.8) is 0 Å². The van der Waals surface area contributed by atoms with Gasteiger partial charge in [0.15, 0.2) is 5.65 Å². The average molecular weight is 271 g/mol. The van der Waals surface area contributed by atoms with E-state index in [1.165, 1.54) is 12.1 Å². The Morgan fingerprint density at radius 3 is 2.55 bits per heavy atom. The number of hydrogen-bond donors (Lipinski definition) is 3. The minimum absolute atomic E-state index is 0.0471. The van der Waals surface area contributed by atoms with Crippen molar-refractivity contribution in [3.8, 4) is 28.8 Å². The Morgan fingerprint density at radius 1 is 1.10 bits per heavy atom. The number of rotatable bonds is 3. The van der Waals surface area contributed by atoms with Crippen molar-refractivity contribution in [1.29, 1.82) is 0 Å². The Morgan fingerprint density at radius 2 is 1.85 bits per heavy atom. The number of nitrogens with one attached hydrogen (secondary N) is 1. The first-order valence-electron chi connectivity index (χ1n) is 6.20. The van der Waals surface area contributed by atoms with E-state index in [0.29, 0.717) is 29.5 Å². The van der Waals surface area contributed by atoms with Crippen LogP contribution in [0.3, 0.4) is 0 Å². The number of aromatic nitrogens is 3. The number of fused-ring (bicyclic) bond motifs is 1. The standard InChI is InChI=1S/C14H13N3O3/c1-2-20-11-7-6-8-13(16-11)17-14(15-8)12-9(18)4-3-5-10(12)19/h3-7,18-19H,2H2,1H3,(H,15,16,17). The summed E-state index contributed by atoms with van der Waals surface area (Å²) in [5.74, 6) is 0.750. The van der Waals surface area contributed by atoms with Crippen LogP contribution < -0.4 is 4.74 Å². The summed E-state index contributed by atoms with van der Waals surface area (Å²) in [5.41, 5.74) is 1.42. The van der Waals surface area contributed by atoms with Gasteiger partial charge in [0.25, 0.3) is 0 Å². The molecule has 1 aromatic carbocycles. The van der Waals surface area contributed by atoms with Crippen LogP contribution >= 0.6 is 0 Å². The molecular weight excluding hydrogens is 258 g/mol.